The summed E-state index contributed by atoms with van der Waals surface area (Å²) < 4.78 is 1.44. The topological polar surface area (TPSA) is 47.8 Å². The second-order valence-electron chi connectivity index (χ2n) is 6.41. The molecule has 0 aliphatic carbocycles. The summed E-state index contributed by atoms with van der Waals surface area (Å²) in [6, 6.07) is 21.8. The van der Waals surface area contributed by atoms with Crippen LogP contribution in [0.25, 0.3) is 22.2 Å². The molecule has 4 aromatic rings. The summed E-state index contributed by atoms with van der Waals surface area (Å²) in [5.74, 6) is 0.544. The number of rotatable bonds is 2. The van der Waals surface area contributed by atoms with Gasteiger partial charge in [0.15, 0.2) is 11.0 Å². The number of thioether (sulfide) groups is 1. The molecule has 0 fully saturated rings. The molecule has 0 bridgehead atoms. The minimum Gasteiger partial charge on any atom is -0.272 e. The molecule has 132 valence electrons. The van der Waals surface area contributed by atoms with Crippen molar-refractivity contribution in [2.75, 3.05) is 0 Å². The molecule has 6 heteroatoms. The first-order valence-electron chi connectivity index (χ1n) is 8.59. The van der Waals surface area contributed by atoms with Crippen LogP contribution in [0, 0.1) is 0 Å². The summed E-state index contributed by atoms with van der Waals surface area (Å²) in [5.41, 5.74) is 2.00. The molecule has 3 aromatic carbocycles. The average Bonchev–Trinajstić information content (AvgIpc) is 3.13. The van der Waals surface area contributed by atoms with Crippen LogP contribution in [-0.4, -0.2) is 20.7 Å². The monoisotopic (exact) mass is 391 g/mol. The van der Waals surface area contributed by atoms with Gasteiger partial charge in [0.05, 0.1) is 0 Å². The van der Waals surface area contributed by atoms with Gasteiger partial charge in [-0.15, -0.1) is 5.10 Å². The minimum absolute atomic E-state index is 0.0202. The Morgan fingerprint density at radius 1 is 1.00 bits per heavy atom. The molecule has 1 aromatic heterocycles. The van der Waals surface area contributed by atoms with Crippen molar-refractivity contribution in [2.45, 2.75) is 16.8 Å². The Kier molecular flexibility index (Phi) is 3.99. The van der Waals surface area contributed by atoms with Crippen LogP contribution in [0.1, 0.15) is 22.0 Å². The number of aromatic nitrogens is 3. The number of halogens is 1. The van der Waals surface area contributed by atoms with Gasteiger partial charge in [-0.2, -0.15) is 4.68 Å². The van der Waals surface area contributed by atoms with E-state index in [1.54, 1.807) is 11.8 Å². The van der Waals surface area contributed by atoms with E-state index in [4.69, 9.17) is 11.6 Å². The molecular formula is C21H14ClN3OS. The Labute approximate surface area is 165 Å². The van der Waals surface area contributed by atoms with Gasteiger partial charge in [0.25, 0.3) is 5.91 Å². The second-order valence-corrected chi connectivity index (χ2v) is 8.02. The van der Waals surface area contributed by atoms with Crippen LogP contribution >= 0.6 is 23.4 Å². The van der Waals surface area contributed by atoms with Gasteiger partial charge in [0.2, 0.25) is 0 Å². The number of hydrogen-bond acceptors (Lipinski definition) is 4. The van der Waals surface area contributed by atoms with E-state index in [-0.39, 0.29) is 11.2 Å². The van der Waals surface area contributed by atoms with E-state index in [1.807, 2.05) is 48.5 Å². The second kappa shape index (κ2) is 6.51. The van der Waals surface area contributed by atoms with Crippen molar-refractivity contribution in [3.05, 3.63) is 77.3 Å². The van der Waals surface area contributed by atoms with Crippen LogP contribution in [0.15, 0.2) is 71.9 Å². The highest BCUT2D eigenvalue weighted by atomic mass is 35.5. The van der Waals surface area contributed by atoms with Crippen LogP contribution in [0.2, 0.25) is 5.02 Å². The summed E-state index contributed by atoms with van der Waals surface area (Å²) in [7, 11) is 0. The third kappa shape index (κ3) is 2.93. The van der Waals surface area contributed by atoms with E-state index < -0.39 is 0 Å². The summed E-state index contributed by atoms with van der Waals surface area (Å²) in [4.78, 5) is 17.3. The lowest BCUT2D eigenvalue weighted by molar-refractivity contribution is 0.0868. The Morgan fingerprint density at radius 2 is 1.78 bits per heavy atom. The van der Waals surface area contributed by atoms with Gasteiger partial charge in [-0.1, -0.05) is 78.0 Å². The van der Waals surface area contributed by atoms with Gasteiger partial charge in [-0.3, -0.25) is 4.79 Å². The van der Waals surface area contributed by atoms with Gasteiger partial charge in [0.1, 0.15) is 0 Å². The maximum absolute atomic E-state index is 12.7. The van der Waals surface area contributed by atoms with E-state index in [2.05, 4.69) is 28.3 Å². The largest absolute Gasteiger partial charge is 0.272 e. The van der Waals surface area contributed by atoms with E-state index in [0.29, 0.717) is 22.4 Å². The lowest BCUT2D eigenvalue weighted by atomic mass is 10.0. The van der Waals surface area contributed by atoms with Crippen LogP contribution in [0.5, 0.6) is 0 Å². The Balaban J connectivity index is 1.56. The maximum Gasteiger partial charge on any atom is 0.250 e. The quantitative estimate of drug-likeness (QED) is 0.444. The lowest BCUT2D eigenvalue weighted by Gasteiger charge is -2.20. The molecule has 0 saturated heterocycles. The third-order valence-corrected chi connectivity index (χ3v) is 6.14. The SMILES string of the molecule is O=C1C[C@H](c2ccc(Cl)cc2)Sc2nc(-c3cccc4ccccc34)nn21. The zero-order valence-corrected chi connectivity index (χ0v) is 15.7. The highest BCUT2D eigenvalue weighted by Crippen LogP contribution is 2.42. The molecule has 1 atom stereocenters. The van der Waals surface area contributed by atoms with Gasteiger partial charge >= 0.3 is 0 Å². The van der Waals surface area contributed by atoms with Gasteiger partial charge < -0.3 is 0 Å². The fourth-order valence-corrected chi connectivity index (χ4v) is 4.63. The number of fused-ring (bicyclic) bond motifs is 2. The fraction of sp³-hybridized carbons (Fsp3) is 0.0952. The van der Waals surface area contributed by atoms with Gasteiger partial charge in [0, 0.05) is 22.3 Å². The van der Waals surface area contributed by atoms with Crippen molar-refractivity contribution in [3.8, 4) is 11.4 Å². The van der Waals surface area contributed by atoms with Crippen LogP contribution in [0.3, 0.4) is 0 Å². The molecule has 0 amide bonds. The van der Waals surface area contributed by atoms with E-state index in [0.717, 1.165) is 21.9 Å². The van der Waals surface area contributed by atoms with E-state index in [1.165, 1.54) is 4.68 Å². The summed E-state index contributed by atoms with van der Waals surface area (Å²) in [6.07, 6.45) is 0.387. The number of carbonyl (C=O) groups excluding carboxylic acids is 1. The molecular weight excluding hydrogens is 378 g/mol. The number of hydrogen-bond donors (Lipinski definition) is 0. The first-order chi connectivity index (χ1) is 13.2. The third-order valence-electron chi connectivity index (χ3n) is 4.69. The highest BCUT2D eigenvalue weighted by Gasteiger charge is 2.30. The fourth-order valence-electron chi connectivity index (χ4n) is 3.35. The lowest BCUT2D eigenvalue weighted by Crippen LogP contribution is -2.20. The van der Waals surface area contributed by atoms with Crippen molar-refractivity contribution >= 4 is 40.0 Å². The normalized spacial score (nSPS) is 16.5. The minimum atomic E-state index is -0.0392. The Morgan fingerprint density at radius 3 is 2.63 bits per heavy atom. The summed E-state index contributed by atoms with van der Waals surface area (Å²) in [6.45, 7) is 0. The van der Waals surface area contributed by atoms with Crippen molar-refractivity contribution in [1.82, 2.24) is 14.8 Å². The Hall–Kier alpha value is -2.63. The molecule has 1 aliphatic rings. The smallest absolute Gasteiger partial charge is 0.250 e. The molecule has 5 rings (SSSR count). The maximum atomic E-state index is 12.7. The predicted octanol–water partition coefficient (Wildman–Crippen LogP) is 5.63. The summed E-state index contributed by atoms with van der Waals surface area (Å²) >= 11 is 7.55. The van der Waals surface area contributed by atoms with Crippen molar-refractivity contribution in [3.63, 3.8) is 0 Å². The average molecular weight is 392 g/mol. The number of benzene rings is 3. The first kappa shape index (κ1) is 16.5. The zero-order chi connectivity index (χ0) is 18.4. The number of carbonyl (C=O) groups is 1. The van der Waals surface area contributed by atoms with Crippen LogP contribution in [-0.2, 0) is 0 Å². The number of nitrogens with zero attached hydrogens (tertiary/aromatic N) is 3. The van der Waals surface area contributed by atoms with Crippen molar-refractivity contribution in [1.29, 1.82) is 0 Å². The molecule has 0 unspecified atom stereocenters. The molecule has 0 N–H and O–H groups in total. The first-order valence-corrected chi connectivity index (χ1v) is 9.85. The molecule has 4 nitrogen and oxygen atoms in total. The Bertz CT molecular complexity index is 1160. The predicted molar refractivity (Wildman–Crippen MR) is 108 cm³/mol. The van der Waals surface area contributed by atoms with E-state index in [9.17, 15) is 4.79 Å². The summed E-state index contributed by atoms with van der Waals surface area (Å²) in [5, 5.41) is 8.05. The van der Waals surface area contributed by atoms with Crippen LogP contribution < -0.4 is 0 Å². The van der Waals surface area contributed by atoms with Gasteiger partial charge in [-0.25, -0.2) is 4.98 Å². The van der Waals surface area contributed by atoms with Crippen molar-refractivity contribution in [2.24, 2.45) is 0 Å². The molecule has 1 aliphatic heterocycles. The highest BCUT2D eigenvalue weighted by molar-refractivity contribution is 7.99. The molecule has 0 saturated carbocycles. The molecule has 0 spiro atoms. The van der Waals surface area contributed by atoms with Gasteiger partial charge in [-0.05, 0) is 28.5 Å². The molecule has 0 radical (unpaired) electrons. The van der Waals surface area contributed by atoms with Crippen molar-refractivity contribution < 1.29 is 4.79 Å². The molecule has 2 heterocycles. The van der Waals surface area contributed by atoms with E-state index >= 15 is 0 Å². The standard InChI is InChI=1S/C21H14ClN3OS/c22-15-10-8-14(9-11-15)18-12-19(26)25-21(27-18)23-20(24-25)17-7-3-5-13-4-1-2-6-16(13)17/h1-11,18H,12H2/t18-/m1/s1. The molecule has 27 heavy (non-hydrogen) atoms. The van der Waals surface area contributed by atoms with Crippen LogP contribution in [0.4, 0.5) is 0 Å². The zero-order valence-electron chi connectivity index (χ0n) is 14.2.